The number of aromatic amines is 1. The van der Waals surface area contributed by atoms with E-state index < -0.39 is 56.5 Å². The molecule has 0 radical (unpaired) electrons. The lowest BCUT2D eigenvalue weighted by molar-refractivity contribution is -0.291. The van der Waals surface area contributed by atoms with Crippen LogP contribution < -0.4 is 11.2 Å². The van der Waals surface area contributed by atoms with Crippen molar-refractivity contribution >= 4 is 23.2 Å². The molecule has 0 fully saturated rings. The van der Waals surface area contributed by atoms with Gasteiger partial charge in [-0.1, -0.05) is 23.2 Å². The number of nitrogens with zero attached hydrogens (tertiary/aromatic N) is 1. The minimum atomic E-state index is -6.11. The summed E-state index contributed by atoms with van der Waals surface area (Å²) in [5.74, 6) is -5.56. The van der Waals surface area contributed by atoms with Gasteiger partial charge in [0, 0.05) is 6.07 Å². The molecule has 0 aliphatic heterocycles. The molecule has 1 aromatic carbocycles. The van der Waals surface area contributed by atoms with Crippen LogP contribution in [-0.4, -0.2) is 15.7 Å². The van der Waals surface area contributed by atoms with Crippen LogP contribution in [0.3, 0.4) is 0 Å². The molecule has 27 heavy (non-hydrogen) atoms. The van der Waals surface area contributed by atoms with Crippen LogP contribution in [0.4, 0.5) is 35.1 Å². The maximum absolute atomic E-state index is 13.3. The topological polar surface area (TPSA) is 54.9 Å². The third-order valence-electron chi connectivity index (χ3n) is 3.20. The second-order valence-corrected chi connectivity index (χ2v) is 5.83. The van der Waals surface area contributed by atoms with Gasteiger partial charge in [0.1, 0.15) is 5.69 Å². The van der Waals surface area contributed by atoms with Crippen molar-refractivity contribution in [1.29, 1.82) is 0 Å². The molecule has 1 N–H and O–H groups in total. The lowest BCUT2D eigenvalue weighted by atomic mass is 10.2. The molecular weight excluding hydrogens is 439 g/mol. The van der Waals surface area contributed by atoms with Crippen LogP contribution in [0.15, 0.2) is 27.8 Å². The van der Waals surface area contributed by atoms with Gasteiger partial charge in [-0.05, 0) is 12.1 Å². The van der Waals surface area contributed by atoms with E-state index >= 15 is 0 Å². The molecule has 1 heterocycles. The van der Waals surface area contributed by atoms with Crippen molar-refractivity contribution in [3.8, 4) is 5.69 Å². The first-order valence-electron chi connectivity index (χ1n) is 6.45. The van der Waals surface area contributed by atoms with Gasteiger partial charge in [-0.25, -0.2) is 9.36 Å². The van der Waals surface area contributed by atoms with Crippen molar-refractivity contribution in [2.75, 3.05) is 0 Å². The summed E-state index contributed by atoms with van der Waals surface area (Å²) in [4.78, 5) is 25.0. The Kier molecular flexibility index (Phi) is 5.12. The zero-order valence-corrected chi connectivity index (χ0v) is 13.8. The van der Waals surface area contributed by atoms with E-state index in [0.717, 1.165) is 4.98 Å². The molecule has 2 rings (SSSR count). The first-order chi connectivity index (χ1) is 12.1. The SMILES string of the molecule is O=c1cc(C(F)(F)C(F)(F)F)[nH]c(=O)n1-c1c(Cl)cc(C(F)(F)F)cc1Cl. The molecule has 14 heteroatoms. The van der Waals surface area contributed by atoms with Crippen molar-refractivity contribution in [3.63, 3.8) is 0 Å². The molecular formula is C13H4Cl2F8N2O2. The lowest BCUT2D eigenvalue weighted by Gasteiger charge is -2.20. The van der Waals surface area contributed by atoms with Gasteiger partial charge in [0.05, 0.1) is 21.3 Å². The van der Waals surface area contributed by atoms with Gasteiger partial charge in [0.25, 0.3) is 5.56 Å². The Balaban J connectivity index is 2.74. The maximum atomic E-state index is 13.3. The summed E-state index contributed by atoms with van der Waals surface area (Å²) in [5, 5.41) is -1.73. The highest BCUT2D eigenvalue weighted by Gasteiger charge is 2.59. The summed E-state index contributed by atoms with van der Waals surface area (Å²) in [5.41, 5.74) is -7.75. The molecule has 0 amide bonds. The number of rotatable bonds is 2. The molecule has 0 spiro atoms. The third kappa shape index (κ3) is 3.81. The Bertz CT molecular complexity index is 953. The van der Waals surface area contributed by atoms with Crippen molar-refractivity contribution in [2.24, 2.45) is 0 Å². The van der Waals surface area contributed by atoms with Gasteiger partial charge in [-0.3, -0.25) is 4.79 Å². The summed E-state index contributed by atoms with van der Waals surface area (Å²) in [6, 6.07) is 0.360. The van der Waals surface area contributed by atoms with Gasteiger partial charge >= 0.3 is 24.0 Å². The lowest BCUT2D eigenvalue weighted by Crippen LogP contribution is -2.41. The standard InChI is InChI=1S/C13H4Cl2F8N2O2/c14-5-1-4(12(18,19)20)2-6(15)9(5)25-8(26)3-7(24-10(25)27)11(16,17)13(21,22)23/h1-3H,(H,24,27). The van der Waals surface area contributed by atoms with Crippen LogP contribution in [0.2, 0.25) is 10.0 Å². The van der Waals surface area contributed by atoms with Gasteiger partial charge in [0.15, 0.2) is 0 Å². The zero-order valence-electron chi connectivity index (χ0n) is 12.3. The van der Waals surface area contributed by atoms with E-state index in [4.69, 9.17) is 23.2 Å². The predicted octanol–water partition coefficient (Wildman–Crippen LogP) is 4.51. The molecule has 148 valence electrons. The minimum Gasteiger partial charge on any atom is -0.305 e. The monoisotopic (exact) mass is 442 g/mol. The quantitative estimate of drug-likeness (QED) is 0.696. The summed E-state index contributed by atoms with van der Waals surface area (Å²) in [7, 11) is 0. The number of nitrogens with one attached hydrogen (secondary N) is 1. The fourth-order valence-corrected chi connectivity index (χ4v) is 2.63. The molecule has 4 nitrogen and oxygen atoms in total. The fourth-order valence-electron chi connectivity index (χ4n) is 1.97. The summed E-state index contributed by atoms with van der Waals surface area (Å²) >= 11 is 11.2. The molecule has 0 aliphatic rings. The van der Waals surface area contributed by atoms with E-state index in [1.807, 2.05) is 0 Å². The predicted molar refractivity (Wildman–Crippen MR) is 77.6 cm³/mol. The second-order valence-electron chi connectivity index (χ2n) is 5.02. The van der Waals surface area contributed by atoms with Crippen LogP contribution in [0.25, 0.3) is 5.69 Å². The number of hydrogen-bond acceptors (Lipinski definition) is 2. The van der Waals surface area contributed by atoms with E-state index in [1.165, 1.54) is 0 Å². The number of halogens is 10. The van der Waals surface area contributed by atoms with Crippen molar-refractivity contribution in [2.45, 2.75) is 18.3 Å². The van der Waals surface area contributed by atoms with Crippen LogP contribution in [0, 0.1) is 0 Å². The highest BCUT2D eigenvalue weighted by atomic mass is 35.5. The highest BCUT2D eigenvalue weighted by molar-refractivity contribution is 6.37. The third-order valence-corrected chi connectivity index (χ3v) is 3.77. The first kappa shape index (κ1) is 21.2. The van der Waals surface area contributed by atoms with E-state index in [-0.39, 0.29) is 10.6 Å². The highest BCUT2D eigenvalue weighted by Crippen LogP contribution is 2.42. The van der Waals surface area contributed by atoms with Gasteiger partial charge in [-0.15, -0.1) is 0 Å². The molecule has 0 bridgehead atoms. The minimum absolute atomic E-state index is 0.0687. The Morgan fingerprint density at radius 2 is 1.33 bits per heavy atom. The van der Waals surface area contributed by atoms with E-state index in [2.05, 4.69) is 0 Å². The number of benzene rings is 1. The molecule has 0 aliphatic carbocycles. The molecule has 1 aromatic heterocycles. The molecule has 0 saturated heterocycles. The Morgan fingerprint density at radius 1 is 0.852 bits per heavy atom. The smallest absolute Gasteiger partial charge is 0.305 e. The molecule has 0 saturated carbocycles. The van der Waals surface area contributed by atoms with Gasteiger partial charge < -0.3 is 4.98 Å². The molecule has 2 aromatic rings. The number of alkyl halides is 8. The fraction of sp³-hybridized carbons (Fsp3) is 0.231. The largest absolute Gasteiger partial charge is 0.459 e. The van der Waals surface area contributed by atoms with E-state index in [1.54, 1.807) is 0 Å². The van der Waals surface area contributed by atoms with Crippen LogP contribution in [-0.2, 0) is 12.1 Å². The Morgan fingerprint density at radius 3 is 1.70 bits per heavy atom. The number of H-pyrrole nitrogens is 1. The van der Waals surface area contributed by atoms with Crippen molar-refractivity contribution < 1.29 is 35.1 Å². The average molecular weight is 443 g/mol. The van der Waals surface area contributed by atoms with Crippen LogP contribution >= 0.6 is 23.2 Å². The molecule has 0 unspecified atom stereocenters. The number of hydrogen-bond donors (Lipinski definition) is 1. The summed E-state index contributed by atoms with van der Waals surface area (Å²) in [6.45, 7) is 0. The summed E-state index contributed by atoms with van der Waals surface area (Å²) < 4.78 is 102. The van der Waals surface area contributed by atoms with Crippen LogP contribution in [0.1, 0.15) is 11.3 Å². The van der Waals surface area contributed by atoms with Crippen molar-refractivity contribution in [1.82, 2.24) is 9.55 Å². The molecule has 0 atom stereocenters. The zero-order chi connectivity index (χ0) is 20.9. The van der Waals surface area contributed by atoms with E-state index in [9.17, 15) is 44.7 Å². The van der Waals surface area contributed by atoms with E-state index in [0.29, 0.717) is 12.1 Å². The average Bonchev–Trinajstić information content (AvgIpc) is 2.46. The maximum Gasteiger partial charge on any atom is 0.459 e. The Hall–Kier alpha value is -2.08. The first-order valence-corrected chi connectivity index (χ1v) is 7.21. The normalized spacial score (nSPS) is 13.1. The van der Waals surface area contributed by atoms with Gasteiger partial charge in [0.2, 0.25) is 0 Å². The summed E-state index contributed by atoms with van der Waals surface area (Å²) in [6.07, 6.45) is -11.0. The van der Waals surface area contributed by atoms with Gasteiger partial charge in [-0.2, -0.15) is 35.1 Å². The van der Waals surface area contributed by atoms with Crippen LogP contribution in [0.5, 0.6) is 0 Å². The van der Waals surface area contributed by atoms with Crippen molar-refractivity contribution in [3.05, 3.63) is 60.3 Å². The number of aromatic nitrogens is 2. The second kappa shape index (κ2) is 6.51. The Labute approximate surface area is 152 Å².